The summed E-state index contributed by atoms with van der Waals surface area (Å²) in [4.78, 5) is 54.6. The summed E-state index contributed by atoms with van der Waals surface area (Å²) in [6.07, 6.45) is 5.92. The molecule has 0 saturated carbocycles. The Balaban J connectivity index is 1.44. The SMILES string of the molecule is C=CC(=O)Nc1nn(C2CCOCC2)c2nc(-c3ccc(N4CCN(I)CC4)nc3)cc(C(=O)NCc3c(CCC)cc(C)[nH]c3=O)c12. The number of pyridine rings is 3. The molecule has 6 heterocycles. The van der Waals surface area contributed by atoms with Gasteiger partial charge in [-0.2, -0.15) is 5.10 Å². The van der Waals surface area contributed by atoms with Crippen LogP contribution < -0.4 is 21.1 Å². The van der Waals surface area contributed by atoms with Crippen LogP contribution in [0.5, 0.6) is 0 Å². The number of hydrogen-bond acceptors (Lipinski definition) is 9. The summed E-state index contributed by atoms with van der Waals surface area (Å²) in [5.74, 6) is 0.221. The predicted molar refractivity (Wildman–Crippen MR) is 193 cm³/mol. The van der Waals surface area contributed by atoms with Crippen LogP contribution in [0, 0.1) is 6.92 Å². The number of aromatic nitrogens is 5. The summed E-state index contributed by atoms with van der Waals surface area (Å²) in [6, 6.07) is 7.55. The second kappa shape index (κ2) is 15.0. The molecule has 6 rings (SSSR count). The van der Waals surface area contributed by atoms with Gasteiger partial charge in [0.15, 0.2) is 11.5 Å². The maximum Gasteiger partial charge on any atom is 0.253 e. The minimum Gasteiger partial charge on any atom is -0.381 e. The Hall–Kier alpha value is -4.15. The zero-order valence-electron chi connectivity index (χ0n) is 27.2. The molecule has 0 spiro atoms. The van der Waals surface area contributed by atoms with Crippen molar-refractivity contribution in [2.45, 2.75) is 52.1 Å². The number of piperazine rings is 1. The standard InChI is InChI=1S/C34H40IN9O4/c1-4-6-22-17-21(3)38-34(47)26(22)20-37-33(46)25-18-27(23-7-8-28(36-19-23)42-11-13-43(35)14-12-42)39-32-30(25)31(40-29(45)5-2)41-44(32)24-9-15-48-16-10-24/h5,7-8,17-19,24H,2,4,6,9-16,20H2,1,3H3,(H,37,46)(H,38,47)(H,40,41,45). The molecule has 4 aromatic heterocycles. The van der Waals surface area contributed by atoms with Crippen LogP contribution in [0.1, 0.15) is 59.4 Å². The first-order valence-electron chi connectivity index (χ1n) is 16.3. The topological polar surface area (TPSA) is 150 Å². The molecule has 0 atom stereocenters. The number of fused-ring (bicyclic) bond motifs is 1. The molecule has 14 heteroatoms. The predicted octanol–water partition coefficient (Wildman–Crippen LogP) is 4.32. The van der Waals surface area contributed by atoms with E-state index in [0.717, 1.165) is 61.3 Å². The van der Waals surface area contributed by atoms with Gasteiger partial charge in [0.1, 0.15) is 5.82 Å². The van der Waals surface area contributed by atoms with Crippen molar-refractivity contribution in [3.8, 4) is 11.3 Å². The minimum absolute atomic E-state index is 0.0338. The van der Waals surface area contributed by atoms with Crippen molar-refractivity contribution in [1.82, 2.24) is 33.2 Å². The molecule has 252 valence electrons. The molecular weight excluding hydrogens is 725 g/mol. The lowest BCUT2D eigenvalue weighted by Gasteiger charge is -2.32. The van der Waals surface area contributed by atoms with Gasteiger partial charge in [-0.25, -0.2) is 17.8 Å². The number of aromatic amines is 1. The fraction of sp³-hybridized carbons (Fsp3) is 0.412. The lowest BCUT2D eigenvalue weighted by atomic mass is 10.0. The van der Waals surface area contributed by atoms with E-state index in [1.54, 1.807) is 16.9 Å². The highest BCUT2D eigenvalue weighted by Gasteiger charge is 2.27. The van der Waals surface area contributed by atoms with Gasteiger partial charge in [0.05, 0.1) is 22.7 Å². The number of H-pyrrole nitrogens is 1. The molecule has 0 aliphatic carbocycles. The van der Waals surface area contributed by atoms with Crippen molar-refractivity contribution in [2.75, 3.05) is 49.6 Å². The fourth-order valence-corrected chi connectivity index (χ4v) is 6.70. The maximum absolute atomic E-state index is 14.2. The molecule has 2 fully saturated rings. The van der Waals surface area contributed by atoms with Crippen molar-refractivity contribution in [2.24, 2.45) is 0 Å². The lowest BCUT2D eigenvalue weighted by molar-refractivity contribution is -0.111. The largest absolute Gasteiger partial charge is 0.381 e. The molecule has 2 amide bonds. The molecule has 2 aliphatic rings. The first kappa shape index (κ1) is 33.7. The zero-order chi connectivity index (χ0) is 33.8. The van der Waals surface area contributed by atoms with Gasteiger partial charge in [0.25, 0.3) is 11.5 Å². The van der Waals surface area contributed by atoms with E-state index in [0.29, 0.717) is 54.8 Å². The number of carbonyl (C=O) groups is 2. The van der Waals surface area contributed by atoms with Gasteiger partial charge in [0, 0.05) is 91.8 Å². The van der Waals surface area contributed by atoms with Crippen molar-refractivity contribution in [3.63, 3.8) is 0 Å². The van der Waals surface area contributed by atoms with E-state index in [9.17, 15) is 14.4 Å². The van der Waals surface area contributed by atoms with E-state index in [2.05, 4.69) is 60.0 Å². The molecule has 0 aromatic carbocycles. The minimum atomic E-state index is -0.456. The molecule has 0 bridgehead atoms. The third-order valence-electron chi connectivity index (χ3n) is 8.77. The normalized spacial score (nSPS) is 15.9. The summed E-state index contributed by atoms with van der Waals surface area (Å²) in [7, 11) is 0. The summed E-state index contributed by atoms with van der Waals surface area (Å²) in [6.45, 7) is 12.3. The molecular formula is C34H40IN9O4. The van der Waals surface area contributed by atoms with Crippen LogP contribution in [0.3, 0.4) is 0 Å². The quantitative estimate of drug-likeness (QED) is 0.122. The number of nitrogens with zero attached hydrogens (tertiary/aromatic N) is 6. The van der Waals surface area contributed by atoms with E-state index in [1.807, 2.05) is 25.1 Å². The highest BCUT2D eigenvalue weighted by atomic mass is 127. The number of aryl methyl sites for hydroxylation is 2. The van der Waals surface area contributed by atoms with Crippen LogP contribution in [0.4, 0.5) is 11.6 Å². The number of amides is 2. The van der Waals surface area contributed by atoms with E-state index in [-0.39, 0.29) is 29.5 Å². The number of hydrogen-bond donors (Lipinski definition) is 3. The molecule has 4 aromatic rings. The van der Waals surface area contributed by atoms with E-state index in [4.69, 9.17) is 19.8 Å². The fourth-order valence-electron chi connectivity index (χ4n) is 6.27. The summed E-state index contributed by atoms with van der Waals surface area (Å²) in [5.41, 5.74) is 3.98. The van der Waals surface area contributed by atoms with Gasteiger partial charge in [-0.3, -0.25) is 14.4 Å². The number of ether oxygens (including phenoxy) is 1. The van der Waals surface area contributed by atoms with Gasteiger partial charge >= 0.3 is 0 Å². The van der Waals surface area contributed by atoms with Crippen LogP contribution in [-0.2, 0) is 22.5 Å². The van der Waals surface area contributed by atoms with Crippen molar-refractivity contribution < 1.29 is 14.3 Å². The third-order valence-corrected chi connectivity index (χ3v) is 9.74. The first-order chi connectivity index (χ1) is 23.2. The van der Waals surface area contributed by atoms with Gasteiger partial charge in [0.2, 0.25) is 5.91 Å². The van der Waals surface area contributed by atoms with E-state index < -0.39 is 11.8 Å². The van der Waals surface area contributed by atoms with Gasteiger partial charge < -0.3 is 25.3 Å². The Labute approximate surface area is 292 Å². The van der Waals surface area contributed by atoms with Crippen LogP contribution in [-0.4, -0.2) is 79.1 Å². The van der Waals surface area contributed by atoms with Crippen molar-refractivity contribution in [1.29, 1.82) is 0 Å². The summed E-state index contributed by atoms with van der Waals surface area (Å²) in [5, 5.41) is 11.0. The molecule has 13 nitrogen and oxygen atoms in total. The number of rotatable bonds is 10. The Morgan fingerprint density at radius 2 is 1.94 bits per heavy atom. The van der Waals surface area contributed by atoms with Gasteiger partial charge in [-0.05, 0) is 62.1 Å². The maximum atomic E-state index is 14.2. The Kier molecular flexibility index (Phi) is 10.5. The molecule has 0 unspecified atom stereocenters. The number of nitrogens with one attached hydrogen (secondary N) is 3. The molecule has 3 N–H and O–H groups in total. The smallest absolute Gasteiger partial charge is 0.253 e. The molecule has 2 saturated heterocycles. The highest BCUT2D eigenvalue weighted by Crippen LogP contribution is 2.34. The van der Waals surface area contributed by atoms with Crippen LogP contribution in [0.2, 0.25) is 0 Å². The van der Waals surface area contributed by atoms with Gasteiger partial charge in [-0.15, -0.1) is 0 Å². The summed E-state index contributed by atoms with van der Waals surface area (Å²) < 4.78 is 9.67. The Morgan fingerprint density at radius 1 is 1.17 bits per heavy atom. The molecule has 0 radical (unpaired) electrons. The zero-order valence-corrected chi connectivity index (χ0v) is 29.4. The number of carbonyl (C=O) groups excluding carboxylic acids is 2. The van der Waals surface area contributed by atoms with E-state index in [1.165, 1.54) is 0 Å². The molecule has 48 heavy (non-hydrogen) atoms. The first-order valence-corrected chi connectivity index (χ1v) is 17.3. The number of halogens is 1. The average molecular weight is 766 g/mol. The average Bonchev–Trinajstić information content (AvgIpc) is 3.46. The second-order valence-electron chi connectivity index (χ2n) is 12.1. The van der Waals surface area contributed by atoms with Crippen molar-refractivity contribution in [3.05, 3.63) is 75.9 Å². The number of anilines is 2. The second-order valence-corrected chi connectivity index (χ2v) is 13.5. The lowest BCUT2D eigenvalue weighted by Crippen LogP contribution is -2.42. The van der Waals surface area contributed by atoms with Gasteiger partial charge in [-0.1, -0.05) is 19.9 Å². The van der Waals surface area contributed by atoms with Crippen LogP contribution in [0.15, 0.2) is 47.9 Å². The van der Waals surface area contributed by atoms with Crippen molar-refractivity contribution >= 4 is 57.3 Å². The third kappa shape index (κ3) is 7.29. The van der Waals surface area contributed by atoms with Crippen LogP contribution in [0.25, 0.3) is 22.3 Å². The Morgan fingerprint density at radius 3 is 2.62 bits per heavy atom. The van der Waals surface area contributed by atoms with E-state index >= 15 is 0 Å². The molecule has 2 aliphatic heterocycles. The monoisotopic (exact) mass is 765 g/mol. The highest BCUT2D eigenvalue weighted by molar-refractivity contribution is 14.1. The summed E-state index contributed by atoms with van der Waals surface area (Å²) >= 11 is 2.35. The van der Waals surface area contributed by atoms with Crippen LogP contribution >= 0.6 is 22.9 Å². The Bertz CT molecular complexity index is 1870.